The van der Waals surface area contributed by atoms with Gasteiger partial charge in [-0.15, -0.1) is 0 Å². The average molecular weight is 281 g/mol. The number of methoxy groups -OCH3 is 1. The first-order valence-electron chi connectivity index (χ1n) is 6.77. The summed E-state index contributed by atoms with van der Waals surface area (Å²) < 4.78 is 4.81. The van der Waals surface area contributed by atoms with Crippen LogP contribution in [0.3, 0.4) is 0 Å². The van der Waals surface area contributed by atoms with Crippen LogP contribution >= 0.6 is 0 Å². The highest BCUT2D eigenvalue weighted by Crippen LogP contribution is 2.28. The highest BCUT2D eigenvalue weighted by Gasteiger charge is 2.22. The first-order chi connectivity index (χ1) is 10.1. The van der Waals surface area contributed by atoms with Gasteiger partial charge < -0.3 is 10.1 Å². The van der Waals surface area contributed by atoms with Crippen molar-refractivity contribution in [2.24, 2.45) is 0 Å². The lowest BCUT2D eigenvalue weighted by Gasteiger charge is -2.23. The van der Waals surface area contributed by atoms with E-state index in [0.717, 1.165) is 16.8 Å². The van der Waals surface area contributed by atoms with Gasteiger partial charge in [0.2, 0.25) is 0 Å². The van der Waals surface area contributed by atoms with Crippen LogP contribution < -0.4 is 5.32 Å². The van der Waals surface area contributed by atoms with Gasteiger partial charge in [-0.3, -0.25) is 0 Å². The van der Waals surface area contributed by atoms with E-state index in [4.69, 9.17) is 4.74 Å². The second-order valence-electron chi connectivity index (χ2n) is 4.82. The molecule has 1 N–H and O–H groups in total. The first kappa shape index (κ1) is 14.9. The van der Waals surface area contributed by atoms with Crippen molar-refractivity contribution >= 4 is 11.7 Å². The number of esters is 1. The summed E-state index contributed by atoms with van der Waals surface area (Å²) in [6.45, 7) is 5.92. The summed E-state index contributed by atoms with van der Waals surface area (Å²) in [6.07, 6.45) is 0. The molecule has 0 aromatic heterocycles. The Morgan fingerprint density at radius 3 is 2.33 bits per heavy atom. The number of para-hydroxylation sites is 1. The molecule has 0 unspecified atom stereocenters. The van der Waals surface area contributed by atoms with Crippen LogP contribution in [-0.4, -0.2) is 13.1 Å². The normalized spacial score (nSPS) is 11.5. The van der Waals surface area contributed by atoms with Crippen molar-refractivity contribution in [3.8, 4) is 0 Å². The highest BCUT2D eigenvalue weighted by molar-refractivity contribution is 5.90. The molecule has 108 valence electrons. The van der Waals surface area contributed by atoms with E-state index < -0.39 is 5.97 Å². The summed E-state index contributed by atoms with van der Waals surface area (Å²) in [5, 5.41) is 3.35. The van der Waals surface area contributed by atoms with Gasteiger partial charge in [-0.1, -0.05) is 49.0 Å². The third-order valence-corrected chi connectivity index (χ3v) is 3.38. The molecule has 2 rings (SSSR count). The number of carbonyl (C=O) groups is 1. The molecule has 0 bridgehead atoms. The Kier molecular flexibility index (Phi) is 4.77. The van der Waals surface area contributed by atoms with Gasteiger partial charge in [-0.2, -0.15) is 0 Å². The minimum absolute atomic E-state index is 0.318. The van der Waals surface area contributed by atoms with Gasteiger partial charge in [-0.25, -0.2) is 4.79 Å². The van der Waals surface area contributed by atoms with E-state index >= 15 is 0 Å². The van der Waals surface area contributed by atoms with Crippen molar-refractivity contribution in [3.63, 3.8) is 0 Å². The summed E-state index contributed by atoms with van der Waals surface area (Å²) in [7, 11) is 1.37. The number of aryl methyl sites for hydroxylation is 1. The van der Waals surface area contributed by atoms with E-state index in [1.807, 2.05) is 61.5 Å². The molecule has 2 aromatic carbocycles. The van der Waals surface area contributed by atoms with E-state index in [-0.39, 0.29) is 6.04 Å². The van der Waals surface area contributed by atoms with Gasteiger partial charge in [0.25, 0.3) is 0 Å². The minimum Gasteiger partial charge on any atom is -0.466 e. The fourth-order valence-electron chi connectivity index (χ4n) is 2.21. The third kappa shape index (κ3) is 3.51. The standard InChI is InChI=1S/C18H19NO2/c1-13-9-7-8-12-16(13)17(14(2)18(20)21-3)19-15-10-5-4-6-11-15/h4-12,17,19H,2H2,1,3H3/t17-/m0/s1. The molecule has 0 saturated carbocycles. The minimum atomic E-state index is -0.410. The number of carbonyl (C=O) groups excluding carboxylic acids is 1. The zero-order chi connectivity index (χ0) is 15.2. The SMILES string of the molecule is C=C(C(=O)OC)[C@H](Nc1ccccc1)c1ccccc1C. The molecule has 0 spiro atoms. The van der Waals surface area contributed by atoms with Gasteiger partial charge in [0.1, 0.15) is 0 Å². The maximum absolute atomic E-state index is 11.9. The molecule has 0 aliphatic carbocycles. The molecular weight excluding hydrogens is 262 g/mol. The molecule has 3 nitrogen and oxygen atoms in total. The van der Waals surface area contributed by atoms with Crippen LogP contribution in [0.5, 0.6) is 0 Å². The molecule has 1 atom stereocenters. The first-order valence-corrected chi connectivity index (χ1v) is 6.77. The van der Waals surface area contributed by atoms with Gasteiger partial charge in [0.15, 0.2) is 0 Å². The number of nitrogens with one attached hydrogen (secondary N) is 1. The van der Waals surface area contributed by atoms with Crippen molar-refractivity contribution in [2.75, 3.05) is 12.4 Å². The van der Waals surface area contributed by atoms with Crippen LogP contribution in [0, 0.1) is 6.92 Å². The van der Waals surface area contributed by atoms with Crippen LogP contribution in [0.25, 0.3) is 0 Å². The summed E-state index contributed by atoms with van der Waals surface area (Å²) in [6, 6.07) is 17.3. The van der Waals surface area contributed by atoms with Crippen LogP contribution in [0.1, 0.15) is 17.2 Å². The Balaban J connectivity index is 2.38. The Hall–Kier alpha value is -2.55. The highest BCUT2D eigenvalue weighted by atomic mass is 16.5. The monoisotopic (exact) mass is 281 g/mol. The van der Waals surface area contributed by atoms with E-state index in [2.05, 4.69) is 11.9 Å². The lowest BCUT2D eigenvalue weighted by Crippen LogP contribution is -2.20. The Morgan fingerprint density at radius 1 is 1.10 bits per heavy atom. The predicted octanol–water partition coefficient (Wildman–Crippen LogP) is 3.88. The summed E-state index contributed by atoms with van der Waals surface area (Å²) >= 11 is 0. The van der Waals surface area contributed by atoms with Crippen molar-refractivity contribution in [3.05, 3.63) is 77.9 Å². The lowest BCUT2D eigenvalue weighted by atomic mass is 9.95. The molecule has 0 aliphatic heterocycles. The van der Waals surface area contributed by atoms with Crippen molar-refractivity contribution < 1.29 is 9.53 Å². The van der Waals surface area contributed by atoms with Crippen molar-refractivity contribution in [1.82, 2.24) is 0 Å². The lowest BCUT2D eigenvalue weighted by molar-refractivity contribution is -0.136. The van der Waals surface area contributed by atoms with Crippen LogP contribution in [0.4, 0.5) is 5.69 Å². The quantitative estimate of drug-likeness (QED) is 0.667. The molecule has 0 aliphatic rings. The molecule has 0 radical (unpaired) electrons. The second-order valence-corrected chi connectivity index (χ2v) is 4.82. The van der Waals surface area contributed by atoms with E-state index in [1.165, 1.54) is 7.11 Å². The van der Waals surface area contributed by atoms with E-state index in [1.54, 1.807) is 0 Å². The molecular formula is C18H19NO2. The number of benzene rings is 2. The van der Waals surface area contributed by atoms with E-state index in [9.17, 15) is 4.79 Å². The molecule has 0 amide bonds. The zero-order valence-corrected chi connectivity index (χ0v) is 12.3. The topological polar surface area (TPSA) is 38.3 Å². The maximum atomic E-state index is 11.9. The Morgan fingerprint density at radius 2 is 1.71 bits per heavy atom. The molecule has 0 saturated heterocycles. The Bertz CT molecular complexity index is 635. The van der Waals surface area contributed by atoms with Crippen LogP contribution in [-0.2, 0) is 9.53 Å². The summed E-state index contributed by atoms with van der Waals surface area (Å²) in [4.78, 5) is 11.9. The molecule has 0 fully saturated rings. The molecule has 21 heavy (non-hydrogen) atoms. The van der Waals surface area contributed by atoms with Gasteiger partial charge >= 0.3 is 5.97 Å². The average Bonchev–Trinajstić information content (AvgIpc) is 2.53. The zero-order valence-electron chi connectivity index (χ0n) is 12.3. The number of rotatable bonds is 5. The van der Waals surface area contributed by atoms with Gasteiger partial charge in [0, 0.05) is 5.69 Å². The smallest absolute Gasteiger partial charge is 0.335 e. The summed E-state index contributed by atoms with van der Waals surface area (Å²) in [5.74, 6) is -0.410. The fourth-order valence-corrected chi connectivity index (χ4v) is 2.21. The molecule has 0 heterocycles. The maximum Gasteiger partial charge on any atom is 0.335 e. The molecule has 2 aromatic rings. The largest absolute Gasteiger partial charge is 0.466 e. The number of anilines is 1. The number of hydrogen-bond acceptors (Lipinski definition) is 3. The predicted molar refractivity (Wildman–Crippen MR) is 85.1 cm³/mol. The second kappa shape index (κ2) is 6.75. The van der Waals surface area contributed by atoms with E-state index in [0.29, 0.717) is 5.57 Å². The third-order valence-electron chi connectivity index (χ3n) is 3.38. The Labute approximate surface area is 125 Å². The van der Waals surface area contributed by atoms with Crippen molar-refractivity contribution in [2.45, 2.75) is 13.0 Å². The number of hydrogen-bond donors (Lipinski definition) is 1. The van der Waals surface area contributed by atoms with Crippen LogP contribution in [0.2, 0.25) is 0 Å². The van der Waals surface area contributed by atoms with Crippen molar-refractivity contribution in [1.29, 1.82) is 0 Å². The van der Waals surface area contributed by atoms with Crippen LogP contribution in [0.15, 0.2) is 66.7 Å². The summed E-state index contributed by atoms with van der Waals surface area (Å²) in [5.41, 5.74) is 3.42. The van der Waals surface area contributed by atoms with Gasteiger partial charge in [-0.05, 0) is 30.2 Å². The van der Waals surface area contributed by atoms with Gasteiger partial charge in [0.05, 0.1) is 18.7 Å². The fraction of sp³-hybridized carbons (Fsp3) is 0.167. The molecule has 3 heteroatoms. The number of ether oxygens (including phenoxy) is 1.